The zero-order valence-electron chi connectivity index (χ0n) is 8.84. The molecule has 1 aliphatic rings. The van der Waals surface area contributed by atoms with Gasteiger partial charge in [0.05, 0.1) is 0 Å². The summed E-state index contributed by atoms with van der Waals surface area (Å²) in [4.78, 5) is 2.20. The number of alkyl halides is 1. The van der Waals surface area contributed by atoms with Gasteiger partial charge < -0.3 is 4.90 Å². The third-order valence-electron chi connectivity index (χ3n) is 3.08. The van der Waals surface area contributed by atoms with E-state index in [1.807, 2.05) is 12.1 Å². The van der Waals surface area contributed by atoms with Crippen molar-refractivity contribution in [1.29, 1.82) is 0 Å². The molecule has 0 radical (unpaired) electrons. The molecule has 1 aromatic carbocycles. The second-order valence-corrected chi connectivity index (χ2v) is 5.03. The standard InChI is InChI=1S/C12H15BrFN/c1-15(9-12(8-13)6-7-12)11-4-2-10(14)3-5-11/h2-5H,6-9H2,1H3. The first-order chi connectivity index (χ1) is 7.15. The highest BCUT2D eigenvalue weighted by Gasteiger charge is 2.42. The third kappa shape index (κ3) is 2.51. The molecule has 0 atom stereocenters. The van der Waals surface area contributed by atoms with Gasteiger partial charge in [-0.1, -0.05) is 15.9 Å². The number of rotatable bonds is 4. The molecule has 82 valence electrons. The van der Waals surface area contributed by atoms with Crippen LogP contribution in [0.2, 0.25) is 0 Å². The normalized spacial score (nSPS) is 17.5. The van der Waals surface area contributed by atoms with Crippen LogP contribution in [0.4, 0.5) is 10.1 Å². The topological polar surface area (TPSA) is 3.24 Å². The van der Waals surface area contributed by atoms with Gasteiger partial charge in [-0.25, -0.2) is 4.39 Å². The number of hydrogen-bond donors (Lipinski definition) is 0. The lowest BCUT2D eigenvalue weighted by Gasteiger charge is -2.24. The quantitative estimate of drug-likeness (QED) is 0.759. The minimum atomic E-state index is -0.172. The summed E-state index contributed by atoms with van der Waals surface area (Å²) in [6.07, 6.45) is 2.59. The minimum absolute atomic E-state index is 0.172. The van der Waals surface area contributed by atoms with Crippen molar-refractivity contribution in [2.75, 3.05) is 23.8 Å². The molecule has 0 heterocycles. The summed E-state index contributed by atoms with van der Waals surface area (Å²) >= 11 is 3.56. The monoisotopic (exact) mass is 271 g/mol. The molecular weight excluding hydrogens is 257 g/mol. The van der Waals surface area contributed by atoms with Gasteiger partial charge in [0.15, 0.2) is 0 Å². The molecule has 0 saturated heterocycles. The Labute approximate surface area is 98.4 Å². The summed E-state index contributed by atoms with van der Waals surface area (Å²) in [5.74, 6) is -0.172. The SMILES string of the molecule is CN(CC1(CBr)CC1)c1ccc(F)cc1. The van der Waals surface area contributed by atoms with Crippen LogP contribution in [0, 0.1) is 11.2 Å². The smallest absolute Gasteiger partial charge is 0.123 e. The third-order valence-corrected chi connectivity index (χ3v) is 4.27. The first kappa shape index (κ1) is 10.9. The first-order valence-electron chi connectivity index (χ1n) is 5.18. The number of anilines is 1. The fourth-order valence-electron chi connectivity index (χ4n) is 1.80. The summed E-state index contributed by atoms with van der Waals surface area (Å²) in [7, 11) is 2.07. The lowest BCUT2D eigenvalue weighted by Crippen LogP contribution is -2.27. The molecule has 1 fully saturated rings. The molecule has 1 nitrogen and oxygen atoms in total. The summed E-state index contributed by atoms with van der Waals surface area (Å²) in [5, 5.41) is 1.06. The fraction of sp³-hybridized carbons (Fsp3) is 0.500. The van der Waals surface area contributed by atoms with Crippen LogP contribution < -0.4 is 4.90 Å². The zero-order valence-corrected chi connectivity index (χ0v) is 10.4. The van der Waals surface area contributed by atoms with Crippen molar-refractivity contribution in [2.24, 2.45) is 5.41 Å². The zero-order chi connectivity index (χ0) is 10.9. The van der Waals surface area contributed by atoms with Gasteiger partial charge in [0.1, 0.15) is 5.82 Å². The maximum atomic E-state index is 12.7. The van der Waals surface area contributed by atoms with Crippen LogP contribution in [-0.4, -0.2) is 18.9 Å². The number of benzene rings is 1. The Morgan fingerprint density at radius 3 is 2.40 bits per heavy atom. The Morgan fingerprint density at radius 2 is 1.93 bits per heavy atom. The van der Waals surface area contributed by atoms with Crippen LogP contribution in [0.15, 0.2) is 24.3 Å². The van der Waals surface area contributed by atoms with Gasteiger partial charge in [0.25, 0.3) is 0 Å². The maximum Gasteiger partial charge on any atom is 0.123 e. The van der Waals surface area contributed by atoms with Gasteiger partial charge in [0, 0.05) is 24.6 Å². The van der Waals surface area contributed by atoms with Gasteiger partial charge in [-0.15, -0.1) is 0 Å². The lowest BCUT2D eigenvalue weighted by atomic mass is 10.1. The Hall–Kier alpha value is -0.570. The van der Waals surface area contributed by atoms with Crippen molar-refractivity contribution >= 4 is 21.6 Å². The lowest BCUT2D eigenvalue weighted by molar-refractivity contribution is 0.583. The molecule has 1 aromatic rings. The highest BCUT2D eigenvalue weighted by atomic mass is 79.9. The van der Waals surface area contributed by atoms with Crippen molar-refractivity contribution in [3.05, 3.63) is 30.1 Å². The van der Waals surface area contributed by atoms with E-state index in [1.54, 1.807) is 0 Å². The van der Waals surface area contributed by atoms with Crippen LogP contribution in [0.5, 0.6) is 0 Å². The fourth-order valence-corrected chi connectivity index (χ4v) is 2.54. The molecular formula is C12H15BrFN. The minimum Gasteiger partial charge on any atom is -0.374 e. The van der Waals surface area contributed by atoms with Gasteiger partial charge in [0.2, 0.25) is 0 Å². The van der Waals surface area contributed by atoms with Gasteiger partial charge in [-0.05, 0) is 42.5 Å². The van der Waals surface area contributed by atoms with Crippen LogP contribution in [0.1, 0.15) is 12.8 Å². The van der Waals surface area contributed by atoms with Gasteiger partial charge in [-0.3, -0.25) is 0 Å². The Bertz CT molecular complexity index is 332. The maximum absolute atomic E-state index is 12.7. The molecule has 2 rings (SSSR count). The summed E-state index contributed by atoms with van der Waals surface area (Å²) < 4.78 is 12.7. The van der Waals surface area contributed by atoms with Crippen molar-refractivity contribution in [3.63, 3.8) is 0 Å². The Kier molecular flexibility index (Phi) is 3.01. The number of halogens is 2. The molecule has 0 spiro atoms. The second-order valence-electron chi connectivity index (χ2n) is 4.47. The van der Waals surface area contributed by atoms with Gasteiger partial charge >= 0.3 is 0 Å². The Morgan fingerprint density at radius 1 is 1.33 bits per heavy atom. The van der Waals surface area contributed by atoms with E-state index in [-0.39, 0.29) is 5.82 Å². The van der Waals surface area contributed by atoms with Gasteiger partial charge in [-0.2, -0.15) is 0 Å². The van der Waals surface area contributed by atoms with E-state index in [1.165, 1.54) is 25.0 Å². The molecule has 0 amide bonds. The van der Waals surface area contributed by atoms with Crippen LogP contribution in [-0.2, 0) is 0 Å². The molecule has 0 aliphatic heterocycles. The van der Waals surface area contributed by atoms with E-state index in [0.29, 0.717) is 5.41 Å². The molecule has 1 saturated carbocycles. The first-order valence-corrected chi connectivity index (χ1v) is 6.30. The predicted octanol–water partition coefficient (Wildman–Crippen LogP) is 3.44. The van der Waals surface area contributed by atoms with Crippen molar-refractivity contribution in [3.8, 4) is 0 Å². The Balaban J connectivity index is 2.01. The molecule has 15 heavy (non-hydrogen) atoms. The van der Waals surface area contributed by atoms with E-state index >= 15 is 0 Å². The molecule has 0 aromatic heterocycles. The summed E-state index contributed by atoms with van der Waals surface area (Å²) in [5.41, 5.74) is 1.55. The molecule has 0 bridgehead atoms. The molecule has 0 unspecified atom stereocenters. The summed E-state index contributed by atoms with van der Waals surface area (Å²) in [6.45, 7) is 1.05. The largest absolute Gasteiger partial charge is 0.374 e. The molecule has 1 aliphatic carbocycles. The second kappa shape index (κ2) is 4.12. The van der Waals surface area contributed by atoms with E-state index in [9.17, 15) is 4.39 Å². The molecule has 0 N–H and O–H groups in total. The van der Waals surface area contributed by atoms with Crippen molar-refractivity contribution < 1.29 is 4.39 Å². The van der Waals surface area contributed by atoms with Crippen LogP contribution >= 0.6 is 15.9 Å². The highest BCUT2D eigenvalue weighted by Crippen LogP contribution is 2.47. The van der Waals surface area contributed by atoms with E-state index < -0.39 is 0 Å². The summed E-state index contributed by atoms with van der Waals surface area (Å²) in [6, 6.07) is 6.69. The number of nitrogens with zero attached hydrogens (tertiary/aromatic N) is 1. The predicted molar refractivity (Wildman–Crippen MR) is 65.1 cm³/mol. The van der Waals surface area contributed by atoms with Crippen molar-refractivity contribution in [2.45, 2.75) is 12.8 Å². The van der Waals surface area contributed by atoms with E-state index in [0.717, 1.165) is 17.6 Å². The van der Waals surface area contributed by atoms with E-state index in [2.05, 4.69) is 27.9 Å². The average Bonchev–Trinajstić information content (AvgIpc) is 2.99. The van der Waals surface area contributed by atoms with Crippen molar-refractivity contribution in [1.82, 2.24) is 0 Å². The van der Waals surface area contributed by atoms with Crippen LogP contribution in [0.25, 0.3) is 0 Å². The molecule has 3 heteroatoms. The van der Waals surface area contributed by atoms with E-state index in [4.69, 9.17) is 0 Å². The highest BCUT2D eigenvalue weighted by molar-refractivity contribution is 9.09. The van der Waals surface area contributed by atoms with Crippen LogP contribution in [0.3, 0.4) is 0 Å². The average molecular weight is 272 g/mol. The number of hydrogen-bond acceptors (Lipinski definition) is 1.